The summed E-state index contributed by atoms with van der Waals surface area (Å²) >= 11 is 0. The molecule has 0 saturated heterocycles. The second-order valence-corrected chi connectivity index (χ2v) is 6.25. The molecule has 0 unspecified atom stereocenters. The van der Waals surface area contributed by atoms with E-state index in [4.69, 9.17) is 30.6 Å². The molecule has 0 amide bonds. The molecular formula is C20H22N4O6. The molecule has 0 aliphatic carbocycles. The Balaban J connectivity index is 0.000000485. The van der Waals surface area contributed by atoms with E-state index in [0.717, 1.165) is 13.1 Å². The largest absolute Gasteiger partial charge is 0.356 e. The fourth-order valence-electron chi connectivity index (χ4n) is 2.75. The summed E-state index contributed by atoms with van der Waals surface area (Å²) in [6.07, 6.45) is 8.45. The Hall–Kier alpha value is -4.08. The van der Waals surface area contributed by atoms with Crippen molar-refractivity contribution in [3.63, 3.8) is 0 Å². The first-order valence-electron chi connectivity index (χ1n) is 8.79. The zero-order valence-corrected chi connectivity index (χ0v) is 16.6. The zero-order valence-electron chi connectivity index (χ0n) is 16.6. The number of aryl methyl sites for hydroxylation is 2. The lowest BCUT2D eigenvalue weighted by atomic mass is 9.99. The third kappa shape index (κ3) is 9.74. The van der Waals surface area contributed by atoms with Gasteiger partial charge in [0.1, 0.15) is 0 Å². The summed E-state index contributed by atoms with van der Waals surface area (Å²) < 4.78 is 4.43. The number of rotatable bonds is 4. The molecule has 0 atom stereocenters. The van der Waals surface area contributed by atoms with Crippen LogP contribution in [0, 0.1) is 44.5 Å². The van der Waals surface area contributed by atoms with Gasteiger partial charge < -0.3 is 30.6 Å². The highest BCUT2D eigenvalue weighted by molar-refractivity contribution is 5.36. The van der Waals surface area contributed by atoms with Crippen LogP contribution in [0.1, 0.15) is 22.3 Å². The Morgan fingerprint density at radius 2 is 0.900 bits per heavy atom. The molecule has 0 aliphatic rings. The van der Waals surface area contributed by atoms with Crippen molar-refractivity contribution in [2.75, 3.05) is 0 Å². The van der Waals surface area contributed by atoms with Gasteiger partial charge in [-0.05, 0) is 37.1 Å². The van der Waals surface area contributed by atoms with Gasteiger partial charge >= 0.3 is 0 Å². The highest BCUT2D eigenvalue weighted by Gasteiger charge is 2.11. The van der Waals surface area contributed by atoms with Gasteiger partial charge in [-0.15, -0.1) is 0 Å². The third-order valence-corrected chi connectivity index (χ3v) is 4.05. The topological polar surface area (TPSA) is 140 Å². The monoisotopic (exact) mass is 414 g/mol. The summed E-state index contributed by atoms with van der Waals surface area (Å²) in [4.78, 5) is 16.5. The fraction of sp³-hybridized carbons (Fsp3) is 0.200. The second kappa shape index (κ2) is 12.4. The van der Waals surface area contributed by atoms with Crippen LogP contribution in [0.15, 0.2) is 73.3 Å². The molecule has 0 aliphatic heterocycles. The molecule has 3 rings (SSSR count). The van der Waals surface area contributed by atoms with E-state index in [2.05, 4.69) is 96.3 Å². The molecule has 10 heteroatoms. The van der Waals surface area contributed by atoms with Crippen LogP contribution in [-0.2, 0) is 13.1 Å². The molecule has 0 bridgehead atoms. The molecule has 2 heterocycles. The molecule has 2 aromatic heterocycles. The number of hydrogen-bond donors (Lipinski definition) is 0. The van der Waals surface area contributed by atoms with Crippen LogP contribution in [0.2, 0.25) is 0 Å². The van der Waals surface area contributed by atoms with Crippen molar-refractivity contribution in [2.45, 2.75) is 26.9 Å². The van der Waals surface area contributed by atoms with Crippen LogP contribution in [0.4, 0.5) is 0 Å². The van der Waals surface area contributed by atoms with Crippen molar-refractivity contribution >= 4 is 0 Å². The van der Waals surface area contributed by atoms with Crippen LogP contribution in [0.5, 0.6) is 0 Å². The molecule has 30 heavy (non-hydrogen) atoms. The molecule has 158 valence electrons. The minimum absolute atomic E-state index is 0.923. The van der Waals surface area contributed by atoms with Gasteiger partial charge in [-0.3, -0.25) is 0 Å². The van der Waals surface area contributed by atoms with Gasteiger partial charge in [0.25, 0.3) is 0 Å². The van der Waals surface area contributed by atoms with Crippen LogP contribution in [0.3, 0.4) is 0 Å². The molecular weight excluding hydrogens is 392 g/mol. The van der Waals surface area contributed by atoms with Gasteiger partial charge in [-0.25, -0.2) is 9.13 Å². The molecule has 0 spiro atoms. The lowest BCUT2D eigenvalue weighted by Crippen LogP contribution is -2.34. The number of hydrogen-bond acceptors (Lipinski definition) is 6. The van der Waals surface area contributed by atoms with Gasteiger partial charge in [0.2, 0.25) is 0 Å². The van der Waals surface area contributed by atoms with Gasteiger partial charge in [-0.2, -0.15) is 0 Å². The maximum atomic E-state index is 8.25. The number of aromatic nitrogens is 2. The van der Waals surface area contributed by atoms with Crippen LogP contribution < -0.4 is 9.13 Å². The Morgan fingerprint density at radius 3 is 1.17 bits per heavy atom. The summed E-state index contributed by atoms with van der Waals surface area (Å²) in [6, 6.07) is 17.0. The summed E-state index contributed by atoms with van der Waals surface area (Å²) in [5.74, 6) is 0. The predicted molar refractivity (Wildman–Crippen MR) is 108 cm³/mol. The number of nitrogens with zero attached hydrogens (tertiary/aromatic N) is 4. The van der Waals surface area contributed by atoms with Gasteiger partial charge in [0.05, 0.1) is 10.2 Å². The van der Waals surface area contributed by atoms with Crippen molar-refractivity contribution in [2.24, 2.45) is 0 Å². The number of pyridine rings is 2. The molecule has 0 radical (unpaired) electrons. The number of benzene rings is 1. The van der Waals surface area contributed by atoms with E-state index in [0.29, 0.717) is 0 Å². The minimum Gasteiger partial charge on any atom is -0.356 e. The van der Waals surface area contributed by atoms with Gasteiger partial charge in [0.15, 0.2) is 37.9 Å². The SMILES string of the molecule is Cc1cc(C[n+]2ccccc2)c(C)cc1C[n+]1ccccc1.O=[N+]([O-])[O-].O=[N+]([O-])[O-]. The molecule has 10 nitrogen and oxygen atoms in total. The van der Waals surface area contributed by atoms with E-state index < -0.39 is 10.2 Å². The summed E-state index contributed by atoms with van der Waals surface area (Å²) in [7, 11) is 0. The predicted octanol–water partition coefficient (Wildman–Crippen LogP) is 2.50. The fourth-order valence-corrected chi connectivity index (χ4v) is 2.75. The highest BCUT2D eigenvalue weighted by Crippen LogP contribution is 2.16. The Kier molecular flexibility index (Phi) is 9.90. The standard InChI is InChI=1S/C20H22N2.2NO3/c1-17-13-20(16-22-11-7-4-8-12-22)18(2)14-19(17)15-21-9-5-3-6-10-21;2*2-1(3)4/h3-14H,15-16H2,1-2H3;;/q+2;2*-1. The normalized spacial score (nSPS) is 9.40. The summed E-state index contributed by atoms with van der Waals surface area (Å²) in [5.41, 5.74) is 5.48. The minimum atomic E-state index is -1.75. The maximum absolute atomic E-state index is 8.25. The first-order valence-corrected chi connectivity index (χ1v) is 8.79. The average molecular weight is 414 g/mol. The Morgan fingerprint density at radius 1 is 0.633 bits per heavy atom. The van der Waals surface area contributed by atoms with E-state index in [1.54, 1.807) is 0 Å². The third-order valence-electron chi connectivity index (χ3n) is 4.05. The van der Waals surface area contributed by atoms with Crippen molar-refractivity contribution in [1.82, 2.24) is 0 Å². The van der Waals surface area contributed by atoms with Crippen LogP contribution >= 0.6 is 0 Å². The van der Waals surface area contributed by atoms with Crippen LogP contribution in [-0.4, -0.2) is 10.2 Å². The zero-order chi connectivity index (χ0) is 22.5. The quantitative estimate of drug-likeness (QED) is 0.365. The summed E-state index contributed by atoms with van der Waals surface area (Å²) in [6.45, 7) is 6.26. The van der Waals surface area contributed by atoms with E-state index in [1.165, 1.54) is 22.3 Å². The molecule has 0 saturated carbocycles. The second-order valence-electron chi connectivity index (χ2n) is 6.25. The lowest BCUT2D eigenvalue weighted by Gasteiger charge is -2.09. The smallest absolute Gasteiger partial charge is 0.174 e. The van der Waals surface area contributed by atoms with E-state index in [-0.39, 0.29) is 0 Å². The van der Waals surface area contributed by atoms with Crippen molar-refractivity contribution in [3.8, 4) is 0 Å². The van der Waals surface area contributed by atoms with Gasteiger partial charge in [-0.1, -0.05) is 12.1 Å². The Labute approximate surface area is 173 Å². The van der Waals surface area contributed by atoms with E-state index in [1.807, 2.05) is 0 Å². The highest BCUT2D eigenvalue weighted by atomic mass is 16.9. The van der Waals surface area contributed by atoms with Crippen LogP contribution in [0.25, 0.3) is 0 Å². The first kappa shape index (κ1) is 24.0. The molecule has 0 fully saturated rings. The van der Waals surface area contributed by atoms with Crippen molar-refractivity contribution in [3.05, 3.63) is 126 Å². The van der Waals surface area contributed by atoms with E-state index >= 15 is 0 Å². The van der Waals surface area contributed by atoms with E-state index in [9.17, 15) is 0 Å². The van der Waals surface area contributed by atoms with Crippen molar-refractivity contribution in [1.29, 1.82) is 0 Å². The van der Waals surface area contributed by atoms with Gasteiger partial charge in [0, 0.05) is 35.4 Å². The van der Waals surface area contributed by atoms with Crippen molar-refractivity contribution < 1.29 is 19.3 Å². The average Bonchev–Trinajstić information content (AvgIpc) is 2.66. The Bertz CT molecular complexity index is 865. The lowest BCUT2D eigenvalue weighted by molar-refractivity contribution is -0.689. The first-order chi connectivity index (χ1) is 14.2. The molecule has 0 N–H and O–H groups in total. The molecule has 1 aromatic carbocycles. The molecule has 3 aromatic rings. The summed E-state index contributed by atoms with van der Waals surface area (Å²) in [5, 5.41) is 29.5. The maximum Gasteiger partial charge on any atom is 0.174 e.